The summed E-state index contributed by atoms with van der Waals surface area (Å²) < 4.78 is 24.3. The Kier molecular flexibility index (Phi) is 3.96. The Balaban J connectivity index is 1.68. The van der Waals surface area contributed by atoms with Crippen LogP contribution in [0.15, 0.2) is 17.1 Å². The fourth-order valence-corrected chi connectivity index (χ4v) is 2.46. The third-order valence-electron chi connectivity index (χ3n) is 3.85. The monoisotopic (exact) mass is 293 g/mol. The fourth-order valence-electron chi connectivity index (χ4n) is 2.46. The van der Waals surface area contributed by atoms with Gasteiger partial charge in [-0.15, -0.1) is 0 Å². The fraction of sp³-hybridized carbons (Fsp3) is 0.533. The zero-order chi connectivity index (χ0) is 14.8. The van der Waals surface area contributed by atoms with E-state index in [0.29, 0.717) is 30.9 Å². The maximum absolute atomic E-state index is 13.6. The lowest BCUT2D eigenvalue weighted by molar-refractivity contribution is -0.0172. The van der Waals surface area contributed by atoms with Crippen LogP contribution in [0, 0.1) is 11.7 Å². The number of hydrogen-bond acceptors (Lipinski definition) is 3. The molecule has 6 heteroatoms. The average Bonchev–Trinajstić information content (AvgIpc) is 3.18. The zero-order valence-electron chi connectivity index (χ0n) is 12.3. The summed E-state index contributed by atoms with van der Waals surface area (Å²) in [5.74, 6) is 1.85. The quantitative estimate of drug-likeness (QED) is 0.659. The van der Waals surface area contributed by atoms with Crippen LogP contribution in [0.3, 0.4) is 0 Å². The van der Waals surface area contributed by atoms with Crippen molar-refractivity contribution in [2.24, 2.45) is 10.9 Å². The number of benzene rings is 1. The number of nitrogens with one attached hydrogen (secondary N) is 2. The lowest BCUT2D eigenvalue weighted by Crippen LogP contribution is -2.38. The maximum atomic E-state index is 13.6. The zero-order valence-corrected chi connectivity index (χ0v) is 12.3. The van der Waals surface area contributed by atoms with Gasteiger partial charge in [0.25, 0.3) is 0 Å². The summed E-state index contributed by atoms with van der Waals surface area (Å²) in [6, 6.07) is 3.43. The van der Waals surface area contributed by atoms with Crippen LogP contribution in [0.5, 0.6) is 5.75 Å². The van der Waals surface area contributed by atoms with Crippen LogP contribution in [0.4, 0.5) is 4.39 Å². The Labute approximate surface area is 123 Å². The van der Waals surface area contributed by atoms with Crippen molar-refractivity contribution < 1.29 is 13.9 Å². The normalized spacial score (nSPS) is 24.0. The number of guanidine groups is 1. The number of aliphatic imine (C=N–C) groups is 1. The molecular weight excluding hydrogens is 273 g/mol. The van der Waals surface area contributed by atoms with Crippen LogP contribution in [-0.2, 0) is 17.9 Å². The van der Waals surface area contributed by atoms with Gasteiger partial charge >= 0.3 is 0 Å². The van der Waals surface area contributed by atoms with Crippen molar-refractivity contribution in [3.63, 3.8) is 0 Å². The summed E-state index contributed by atoms with van der Waals surface area (Å²) >= 11 is 0. The van der Waals surface area contributed by atoms with E-state index in [2.05, 4.69) is 22.5 Å². The van der Waals surface area contributed by atoms with E-state index in [1.54, 1.807) is 7.05 Å². The molecule has 1 heterocycles. The highest BCUT2D eigenvalue weighted by atomic mass is 19.1. The summed E-state index contributed by atoms with van der Waals surface area (Å²) in [7, 11) is 1.73. The van der Waals surface area contributed by atoms with E-state index in [1.807, 2.05) is 0 Å². The Hall–Kier alpha value is -1.82. The minimum absolute atomic E-state index is 0.207. The third kappa shape index (κ3) is 3.26. The molecule has 114 valence electrons. The summed E-state index contributed by atoms with van der Waals surface area (Å²) in [6.45, 7) is 3.24. The molecule has 0 aromatic heterocycles. The molecule has 21 heavy (non-hydrogen) atoms. The van der Waals surface area contributed by atoms with Gasteiger partial charge in [-0.2, -0.15) is 0 Å². The minimum Gasteiger partial charge on any atom is -0.467 e. The van der Waals surface area contributed by atoms with Gasteiger partial charge in [-0.05, 0) is 24.5 Å². The van der Waals surface area contributed by atoms with E-state index < -0.39 is 0 Å². The van der Waals surface area contributed by atoms with E-state index in [0.717, 1.165) is 23.5 Å². The molecule has 0 spiro atoms. The second-order valence-corrected chi connectivity index (χ2v) is 5.55. The number of hydrogen-bond donors (Lipinski definition) is 2. The molecule has 0 bridgehead atoms. The predicted molar refractivity (Wildman–Crippen MR) is 77.6 cm³/mol. The number of halogens is 1. The molecular formula is C15H20FN3O2. The molecule has 3 rings (SSSR count). The summed E-state index contributed by atoms with van der Waals surface area (Å²) in [6.07, 6.45) is 1.16. The van der Waals surface area contributed by atoms with Gasteiger partial charge in [-0.3, -0.25) is 4.99 Å². The molecule has 1 aliphatic carbocycles. The molecule has 1 aromatic rings. The van der Waals surface area contributed by atoms with Gasteiger partial charge in [0, 0.05) is 30.8 Å². The van der Waals surface area contributed by atoms with Crippen molar-refractivity contribution in [3.05, 3.63) is 29.1 Å². The predicted octanol–water partition coefficient (Wildman–Crippen LogP) is 1.77. The number of ether oxygens (including phenoxy) is 2. The Morgan fingerprint density at radius 2 is 2.29 bits per heavy atom. The van der Waals surface area contributed by atoms with Crippen LogP contribution < -0.4 is 15.4 Å². The molecule has 2 aliphatic rings. The molecule has 2 unspecified atom stereocenters. The summed E-state index contributed by atoms with van der Waals surface area (Å²) in [5.41, 5.74) is 1.52. The SMILES string of the molecule is CN=C(NCc1cc(F)cc2c1OCOC2)NC1CC1C. The number of rotatable bonds is 3. The first-order valence-electron chi connectivity index (χ1n) is 7.16. The van der Waals surface area contributed by atoms with Crippen LogP contribution in [0.25, 0.3) is 0 Å². The molecule has 2 N–H and O–H groups in total. The lowest BCUT2D eigenvalue weighted by Gasteiger charge is -2.21. The van der Waals surface area contributed by atoms with Gasteiger partial charge in [0.2, 0.25) is 0 Å². The molecule has 0 saturated heterocycles. The van der Waals surface area contributed by atoms with Crippen molar-refractivity contribution in [1.29, 1.82) is 0 Å². The van der Waals surface area contributed by atoms with Gasteiger partial charge in [0.1, 0.15) is 11.6 Å². The van der Waals surface area contributed by atoms with E-state index in [4.69, 9.17) is 9.47 Å². The van der Waals surface area contributed by atoms with Gasteiger partial charge in [-0.1, -0.05) is 6.92 Å². The Bertz CT molecular complexity index is 562. The van der Waals surface area contributed by atoms with Crippen LogP contribution in [-0.4, -0.2) is 25.8 Å². The molecule has 1 aliphatic heterocycles. The standard InChI is InChI=1S/C15H20FN3O2/c1-9-3-13(9)19-15(17-2)18-6-10-4-12(16)5-11-7-20-8-21-14(10)11/h4-5,9,13H,3,6-8H2,1-2H3,(H2,17,18,19). The molecule has 1 aromatic carbocycles. The highest BCUT2D eigenvalue weighted by Crippen LogP contribution is 2.30. The van der Waals surface area contributed by atoms with Crippen molar-refractivity contribution in [2.75, 3.05) is 13.8 Å². The Morgan fingerprint density at radius 3 is 3.00 bits per heavy atom. The molecule has 1 fully saturated rings. The smallest absolute Gasteiger partial charge is 0.191 e. The van der Waals surface area contributed by atoms with Crippen molar-refractivity contribution in [3.8, 4) is 5.75 Å². The van der Waals surface area contributed by atoms with Crippen LogP contribution in [0.2, 0.25) is 0 Å². The maximum Gasteiger partial charge on any atom is 0.191 e. The molecule has 1 saturated carbocycles. The first kappa shape index (κ1) is 14.1. The highest BCUT2D eigenvalue weighted by molar-refractivity contribution is 5.80. The number of nitrogens with zero attached hydrogens (tertiary/aromatic N) is 1. The second kappa shape index (κ2) is 5.89. The van der Waals surface area contributed by atoms with E-state index in [1.165, 1.54) is 12.1 Å². The van der Waals surface area contributed by atoms with Crippen molar-refractivity contribution in [1.82, 2.24) is 10.6 Å². The van der Waals surface area contributed by atoms with Gasteiger partial charge in [0.05, 0.1) is 6.61 Å². The minimum atomic E-state index is -0.279. The first-order chi connectivity index (χ1) is 10.2. The molecule has 0 amide bonds. The first-order valence-corrected chi connectivity index (χ1v) is 7.16. The van der Waals surface area contributed by atoms with Crippen molar-refractivity contribution in [2.45, 2.75) is 32.5 Å². The molecule has 0 radical (unpaired) electrons. The lowest BCUT2D eigenvalue weighted by atomic mass is 10.1. The van der Waals surface area contributed by atoms with E-state index in [9.17, 15) is 4.39 Å². The highest BCUT2D eigenvalue weighted by Gasteiger charge is 2.33. The molecule has 2 atom stereocenters. The summed E-state index contributed by atoms with van der Waals surface area (Å²) in [5, 5.41) is 6.54. The van der Waals surface area contributed by atoms with Crippen LogP contribution >= 0.6 is 0 Å². The largest absolute Gasteiger partial charge is 0.467 e. The van der Waals surface area contributed by atoms with E-state index in [-0.39, 0.29) is 12.6 Å². The van der Waals surface area contributed by atoms with Gasteiger partial charge in [-0.25, -0.2) is 4.39 Å². The third-order valence-corrected chi connectivity index (χ3v) is 3.85. The van der Waals surface area contributed by atoms with Crippen LogP contribution in [0.1, 0.15) is 24.5 Å². The van der Waals surface area contributed by atoms with Crippen molar-refractivity contribution >= 4 is 5.96 Å². The number of fused-ring (bicyclic) bond motifs is 1. The van der Waals surface area contributed by atoms with Gasteiger partial charge < -0.3 is 20.1 Å². The van der Waals surface area contributed by atoms with Gasteiger partial charge in [0.15, 0.2) is 12.8 Å². The summed E-state index contributed by atoms with van der Waals surface area (Å²) in [4.78, 5) is 4.19. The Morgan fingerprint density at radius 1 is 1.48 bits per heavy atom. The second-order valence-electron chi connectivity index (χ2n) is 5.55. The molecule has 5 nitrogen and oxygen atoms in total. The average molecular weight is 293 g/mol. The topological polar surface area (TPSA) is 54.9 Å². The van der Waals surface area contributed by atoms with E-state index >= 15 is 0 Å².